The van der Waals surface area contributed by atoms with Crippen LogP contribution in [0.15, 0.2) is 140 Å². The minimum Gasteiger partial charge on any atom is -0.497 e. The number of benzene rings is 4. The topological polar surface area (TPSA) is 129 Å². The van der Waals surface area contributed by atoms with Crippen molar-refractivity contribution in [2.75, 3.05) is 24.2 Å². The summed E-state index contributed by atoms with van der Waals surface area (Å²) in [5, 5.41) is 3.79. The molecule has 0 N–H and O–H groups in total. The van der Waals surface area contributed by atoms with Gasteiger partial charge in [0.05, 0.1) is 49.1 Å². The van der Waals surface area contributed by atoms with Gasteiger partial charge in [0.15, 0.2) is 0 Å². The standard InChI is InChI=1S/C47H36Cl2N6O6/c1-29-43(39-23-37(61-3)17-19-42(39)53(29)27-31-10-14-33(49)15-11-31)45(57)47(59)55(35-7-5-21-51-25-35)54(34-6-4-20-50-24-34)46(58)44(56)40-28-52(26-30-8-12-32(48)13-9-30)41-18-16-36(60-2)22-38(40)41/h4-25,28H,26-27H2,1-3H3. The van der Waals surface area contributed by atoms with E-state index in [1.165, 1.54) is 51.1 Å². The van der Waals surface area contributed by atoms with Gasteiger partial charge in [-0.15, -0.1) is 0 Å². The second-order valence-electron chi connectivity index (χ2n) is 14.1. The Labute approximate surface area is 360 Å². The lowest BCUT2D eigenvalue weighted by Crippen LogP contribution is -2.55. The van der Waals surface area contributed by atoms with Crippen LogP contribution >= 0.6 is 23.2 Å². The Bertz CT molecular complexity index is 2950. The van der Waals surface area contributed by atoms with Gasteiger partial charge in [0.25, 0.3) is 11.6 Å². The molecule has 0 unspecified atom stereocenters. The minimum atomic E-state index is -1.14. The molecule has 4 aromatic heterocycles. The molecular weight excluding hydrogens is 815 g/mol. The van der Waals surface area contributed by atoms with E-state index in [9.17, 15) is 9.59 Å². The van der Waals surface area contributed by atoms with Crippen LogP contribution in [0.25, 0.3) is 21.8 Å². The molecular formula is C47H36Cl2N6O6. The average molecular weight is 852 g/mol. The summed E-state index contributed by atoms with van der Waals surface area (Å²) in [6, 6.07) is 31.3. The number of fused-ring (bicyclic) bond motifs is 2. The van der Waals surface area contributed by atoms with Crippen molar-refractivity contribution in [3.63, 3.8) is 0 Å². The first kappa shape index (κ1) is 40.5. The molecule has 0 fully saturated rings. The van der Waals surface area contributed by atoms with Crippen molar-refractivity contribution < 1.29 is 28.7 Å². The van der Waals surface area contributed by atoms with Crippen LogP contribution in [0, 0.1) is 6.92 Å². The van der Waals surface area contributed by atoms with E-state index in [1.54, 1.807) is 79.9 Å². The number of rotatable bonds is 12. The fraction of sp³-hybridized carbons (Fsp3) is 0.106. The van der Waals surface area contributed by atoms with Gasteiger partial charge in [-0.25, -0.2) is 10.0 Å². The van der Waals surface area contributed by atoms with E-state index >= 15 is 9.59 Å². The lowest BCUT2D eigenvalue weighted by atomic mass is 10.1. The maximum absolute atomic E-state index is 15.1. The number of Topliss-reactive ketones (excluding diaryl/α,β-unsaturated/α-hetero) is 2. The van der Waals surface area contributed by atoms with Crippen molar-refractivity contribution in [3.8, 4) is 11.5 Å². The van der Waals surface area contributed by atoms with Crippen LogP contribution in [0.4, 0.5) is 11.4 Å². The molecule has 304 valence electrons. The third-order valence-corrected chi connectivity index (χ3v) is 10.9. The molecule has 2 amide bonds. The Hall–Kier alpha value is -7.28. The smallest absolute Gasteiger partial charge is 0.318 e. The number of anilines is 2. The van der Waals surface area contributed by atoms with Gasteiger partial charge in [-0.05, 0) is 103 Å². The molecule has 4 aromatic carbocycles. The van der Waals surface area contributed by atoms with Crippen molar-refractivity contribution in [2.45, 2.75) is 20.0 Å². The molecule has 0 atom stereocenters. The van der Waals surface area contributed by atoms with Crippen LogP contribution in [0.2, 0.25) is 10.0 Å². The first-order valence-corrected chi connectivity index (χ1v) is 19.7. The van der Waals surface area contributed by atoms with Crippen LogP contribution < -0.4 is 19.5 Å². The number of aromatic nitrogens is 4. The molecule has 0 saturated carbocycles. The molecule has 0 radical (unpaired) electrons. The Kier molecular flexibility index (Phi) is 11.4. The largest absolute Gasteiger partial charge is 0.497 e. The molecule has 61 heavy (non-hydrogen) atoms. The number of ketones is 2. The Balaban J connectivity index is 1.26. The lowest BCUT2D eigenvalue weighted by Gasteiger charge is -2.33. The molecule has 14 heteroatoms. The summed E-state index contributed by atoms with van der Waals surface area (Å²) in [4.78, 5) is 68.5. The van der Waals surface area contributed by atoms with Gasteiger partial charge < -0.3 is 18.6 Å². The third kappa shape index (κ3) is 7.94. The monoisotopic (exact) mass is 850 g/mol. The number of carbonyl (C=O) groups excluding carboxylic acids is 4. The normalized spacial score (nSPS) is 11.1. The van der Waals surface area contributed by atoms with E-state index in [0.717, 1.165) is 21.1 Å². The molecule has 12 nitrogen and oxygen atoms in total. The van der Waals surface area contributed by atoms with Gasteiger partial charge in [-0.1, -0.05) is 47.5 Å². The van der Waals surface area contributed by atoms with Gasteiger partial charge in [-0.3, -0.25) is 29.1 Å². The number of nitrogens with zero attached hydrogens (tertiary/aromatic N) is 6. The van der Waals surface area contributed by atoms with Crippen LogP contribution in [0.3, 0.4) is 0 Å². The first-order valence-electron chi connectivity index (χ1n) is 19.0. The van der Waals surface area contributed by atoms with E-state index < -0.39 is 23.4 Å². The zero-order valence-corrected chi connectivity index (χ0v) is 34.6. The van der Waals surface area contributed by atoms with E-state index in [0.29, 0.717) is 62.1 Å². The molecule has 4 heterocycles. The van der Waals surface area contributed by atoms with E-state index in [-0.39, 0.29) is 22.5 Å². The number of hydrogen-bond acceptors (Lipinski definition) is 8. The van der Waals surface area contributed by atoms with Gasteiger partial charge in [0.1, 0.15) is 11.5 Å². The van der Waals surface area contributed by atoms with Crippen LogP contribution in [0.5, 0.6) is 11.5 Å². The second-order valence-corrected chi connectivity index (χ2v) is 14.9. The number of carbonyl (C=O) groups is 4. The van der Waals surface area contributed by atoms with Crippen LogP contribution in [-0.2, 0) is 22.7 Å². The Morgan fingerprint density at radius 1 is 0.623 bits per heavy atom. The van der Waals surface area contributed by atoms with Gasteiger partial charge in [0, 0.05) is 69.2 Å². The van der Waals surface area contributed by atoms with Crippen LogP contribution in [-0.4, -0.2) is 56.7 Å². The predicted octanol–water partition coefficient (Wildman–Crippen LogP) is 9.16. The SMILES string of the molecule is COc1ccc2c(c1)c(C(=O)C(=O)N(c1cccnc1)N(C(=O)C(=O)c1c(C)n(Cc3ccc(Cl)cc3)c3ccc(OC)cc13)c1cccnc1)cn2Cc1ccc(Cl)cc1. The van der Waals surface area contributed by atoms with E-state index in [4.69, 9.17) is 32.7 Å². The highest BCUT2D eigenvalue weighted by Gasteiger charge is 2.39. The fourth-order valence-electron chi connectivity index (χ4n) is 7.37. The molecule has 0 aliphatic heterocycles. The van der Waals surface area contributed by atoms with Crippen molar-refractivity contribution in [3.05, 3.63) is 178 Å². The maximum atomic E-state index is 15.1. The van der Waals surface area contributed by atoms with Crippen molar-refractivity contribution in [2.24, 2.45) is 0 Å². The van der Waals surface area contributed by atoms with E-state index in [2.05, 4.69) is 9.97 Å². The highest BCUT2D eigenvalue weighted by molar-refractivity contribution is 6.54. The highest BCUT2D eigenvalue weighted by atomic mass is 35.5. The lowest BCUT2D eigenvalue weighted by molar-refractivity contribution is -0.119. The van der Waals surface area contributed by atoms with Crippen molar-refractivity contribution >= 4 is 79.8 Å². The molecule has 0 spiro atoms. The summed E-state index contributed by atoms with van der Waals surface area (Å²) in [5.41, 5.74) is 3.81. The fourth-order valence-corrected chi connectivity index (χ4v) is 7.62. The zero-order valence-electron chi connectivity index (χ0n) is 33.1. The summed E-state index contributed by atoms with van der Waals surface area (Å²) in [5.74, 6) is -3.27. The number of ether oxygens (including phenoxy) is 2. The van der Waals surface area contributed by atoms with Crippen molar-refractivity contribution in [1.82, 2.24) is 19.1 Å². The van der Waals surface area contributed by atoms with Gasteiger partial charge >= 0.3 is 11.8 Å². The van der Waals surface area contributed by atoms with Crippen molar-refractivity contribution in [1.29, 1.82) is 0 Å². The number of amides is 2. The van der Waals surface area contributed by atoms with Crippen LogP contribution in [0.1, 0.15) is 37.5 Å². The summed E-state index contributed by atoms with van der Waals surface area (Å²) in [7, 11) is 3.01. The summed E-state index contributed by atoms with van der Waals surface area (Å²) < 4.78 is 14.8. The summed E-state index contributed by atoms with van der Waals surface area (Å²) in [6.45, 7) is 2.45. The predicted molar refractivity (Wildman–Crippen MR) is 235 cm³/mol. The summed E-state index contributed by atoms with van der Waals surface area (Å²) in [6.07, 6.45) is 7.22. The molecule has 0 aliphatic rings. The van der Waals surface area contributed by atoms with Gasteiger partial charge in [-0.2, -0.15) is 0 Å². The number of pyridine rings is 2. The number of methoxy groups -OCH3 is 2. The first-order chi connectivity index (χ1) is 29.6. The highest BCUT2D eigenvalue weighted by Crippen LogP contribution is 2.34. The molecule has 0 aliphatic carbocycles. The molecule has 8 aromatic rings. The zero-order chi connectivity index (χ0) is 42.8. The Morgan fingerprint density at radius 3 is 1.66 bits per heavy atom. The minimum absolute atomic E-state index is 0.0388. The number of halogens is 2. The Morgan fingerprint density at radius 2 is 1.13 bits per heavy atom. The molecule has 8 rings (SSSR count). The molecule has 0 bridgehead atoms. The second kappa shape index (κ2) is 17.1. The maximum Gasteiger partial charge on any atom is 0.318 e. The molecule has 0 saturated heterocycles. The number of hydrogen-bond donors (Lipinski definition) is 0. The number of hydrazine groups is 1. The summed E-state index contributed by atoms with van der Waals surface area (Å²) >= 11 is 12.3. The average Bonchev–Trinajstić information content (AvgIpc) is 3.78. The van der Waals surface area contributed by atoms with Gasteiger partial charge in [0.2, 0.25) is 0 Å². The quantitative estimate of drug-likeness (QED) is 0.0677. The van der Waals surface area contributed by atoms with E-state index in [1.807, 2.05) is 39.5 Å². The third-order valence-electron chi connectivity index (χ3n) is 10.4.